The summed E-state index contributed by atoms with van der Waals surface area (Å²) in [5, 5.41) is 2.61. The van der Waals surface area contributed by atoms with Gasteiger partial charge in [-0.2, -0.15) is 0 Å². The molecule has 4 N–H and O–H groups in total. The Morgan fingerprint density at radius 3 is 2.59 bits per heavy atom. The van der Waals surface area contributed by atoms with Crippen molar-refractivity contribution in [3.05, 3.63) is 33.7 Å². The van der Waals surface area contributed by atoms with Crippen molar-refractivity contribution in [2.24, 2.45) is 5.73 Å². The monoisotopic (exact) mass is 253 g/mol. The lowest BCUT2D eigenvalue weighted by Crippen LogP contribution is -2.52. The van der Waals surface area contributed by atoms with E-state index in [-0.39, 0.29) is 16.0 Å². The van der Waals surface area contributed by atoms with Crippen LogP contribution in [0.4, 0.5) is 0 Å². The molecule has 0 saturated carbocycles. The zero-order valence-electron chi connectivity index (χ0n) is 9.96. The molecule has 6 heteroatoms. The Bertz CT molecular complexity index is 520. The second-order valence-electron chi connectivity index (χ2n) is 4.34. The Hall–Kier alpha value is -1.69. The van der Waals surface area contributed by atoms with E-state index < -0.39 is 11.4 Å². The van der Waals surface area contributed by atoms with Gasteiger partial charge < -0.3 is 16.0 Å². The van der Waals surface area contributed by atoms with Crippen LogP contribution in [0.3, 0.4) is 0 Å². The third-order valence-corrected chi connectivity index (χ3v) is 2.85. The fourth-order valence-corrected chi connectivity index (χ4v) is 1.21. The molecule has 0 aliphatic rings. The van der Waals surface area contributed by atoms with Crippen LogP contribution in [0.5, 0.6) is 0 Å². The number of carbonyl (C=O) groups excluding carboxylic acids is 1. The summed E-state index contributed by atoms with van der Waals surface area (Å²) in [7, 11) is 0. The first-order valence-electron chi connectivity index (χ1n) is 5.06. The zero-order valence-corrected chi connectivity index (χ0v) is 10.8. The van der Waals surface area contributed by atoms with Crippen LogP contribution in [0.1, 0.15) is 29.9 Å². The van der Waals surface area contributed by atoms with Crippen LogP contribution in [-0.2, 0) is 0 Å². The Labute approximate surface area is 104 Å². The average Bonchev–Trinajstić information content (AvgIpc) is 2.15. The molecule has 0 bridgehead atoms. The molecule has 0 aliphatic heterocycles. The molecule has 1 aromatic heterocycles. The van der Waals surface area contributed by atoms with Gasteiger partial charge in [-0.1, -0.05) is 12.2 Å². The summed E-state index contributed by atoms with van der Waals surface area (Å²) in [5.41, 5.74) is 5.06. The number of carbonyl (C=O) groups is 1. The van der Waals surface area contributed by atoms with E-state index >= 15 is 0 Å². The summed E-state index contributed by atoms with van der Waals surface area (Å²) in [6.45, 7) is 5.09. The number of hydrogen-bond acceptors (Lipinski definition) is 3. The largest absolute Gasteiger partial charge is 0.391 e. The number of H-pyrrole nitrogens is 1. The Morgan fingerprint density at radius 2 is 2.12 bits per heavy atom. The number of hydrogen-bond donors (Lipinski definition) is 3. The zero-order chi connectivity index (χ0) is 13.2. The van der Waals surface area contributed by atoms with Gasteiger partial charge in [0.15, 0.2) is 5.43 Å². The van der Waals surface area contributed by atoms with Crippen LogP contribution in [-0.4, -0.2) is 21.4 Å². The molecule has 17 heavy (non-hydrogen) atoms. The number of nitrogens with one attached hydrogen (secondary N) is 2. The first-order chi connectivity index (χ1) is 7.74. The molecule has 0 radical (unpaired) electrons. The maximum atomic E-state index is 11.9. The quantitative estimate of drug-likeness (QED) is 0.684. The Kier molecular flexibility index (Phi) is 3.67. The third-order valence-electron chi connectivity index (χ3n) is 2.34. The van der Waals surface area contributed by atoms with Crippen molar-refractivity contribution < 1.29 is 4.79 Å². The van der Waals surface area contributed by atoms with Gasteiger partial charge in [-0.25, -0.2) is 0 Å². The maximum Gasteiger partial charge on any atom is 0.257 e. The standard InChI is InChI=1S/C11H15N3O2S/c1-6-4-8(15)7(5-13-6)9(16)14-11(2,3)10(12)17/h4-5H,1-3H3,(H2,12,17)(H,13,15)(H,14,16). The number of rotatable bonds is 3. The average molecular weight is 253 g/mol. The van der Waals surface area contributed by atoms with Crippen molar-refractivity contribution in [1.29, 1.82) is 0 Å². The Balaban J connectivity index is 2.99. The van der Waals surface area contributed by atoms with E-state index in [1.165, 1.54) is 12.3 Å². The highest BCUT2D eigenvalue weighted by atomic mass is 32.1. The van der Waals surface area contributed by atoms with Crippen LogP contribution in [0.15, 0.2) is 17.1 Å². The van der Waals surface area contributed by atoms with Crippen LogP contribution in [0.25, 0.3) is 0 Å². The molecule has 0 saturated heterocycles. The number of aromatic amines is 1. The second-order valence-corrected chi connectivity index (χ2v) is 4.78. The Morgan fingerprint density at radius 1 is 1.53 bits per heavy atom. The summed E-state index contributed by atoms with van der Waals surface area (Å²) in [4.78, 5) is 26.4. The fourth-order valence-electron chi connectivity index (χ4n) is 1.16. The first kappa shape index (κ1) is 13.4. The van der Waals surface area contributed by atoms with E-state index in [9.17, 15) is 9.59 Å². The van der Waals surface area contributed by atoms with Gasteiger partial charge in [-0.05, 0) is 20.8 Å². The molecule has 0 fully saturated rings. The minimum Gasteiger partial charge on any atom is -0.391 e. The van der Waals surface area contributed by atoms with Crippen molar-refractivity contribution in [3.8, 4) is 0 Å². The van der Waals surface area contributed by atoms with Crippen LogP contribution in [0.2, 0.25) is 0 Å². The summed E-state index contributed by atoms with van der Waals surface area (Å²) in [5.74, 6) is -0.496. The molecule has 0 atom stereocenters. The molecule has 1 aromatic rings. The molecule has 5 nitrogen and oxygen atoms in total. The van der Waals surface area contributed by atoms with E-state index in [4.69, 9.17) is 18.0 Å². The van der Waals surface area contributed by atoms with Gasteiger partial charge in [0.1, 0.15) is 5.56 Å². The number of nitrogens with two attached hydrogens (primary N) is 1. The molecule has 1 heterocycles. The van der Waals surface area contributed by atoms with E-state index in [1.54, 1.807) is 20.8 Å². The minimum atomic E-state index is -0.830. The number of amides is 1. The number of aromatic nitrogens is 1. The van der Waals surface area contributed by atoms with Gasteiger partial charge in [0.05, 0.1) is 10.5 Å². The molecular formula is C11H15N3O2S. The van der Waals surface area contributed by atoms with Crippen molar-refractivity contribution in [1.82, 2.24) is 10.3 Å². The fraction of sp³-hybridized carbons (Fsp3) is 0.364. The lowest BCUT2D eigenvalue weighted by Gasteiger charge is -2.24. The van der Waals surface area contributed by atoms with E-state index in [0.29, 0.717) is 5.69 Å². The van der Waals surface area contributed by atoms with Gasteiger partial charge in [0, 0.05) is 18.0 Å². The molecule has 1 amide bonds. The van der Waals surface area contributed by atoms with Crippen LogP contribution >= 0.6 is 12.2 Å². The molecule has 0 aliphatic carbocycles. The lowest BCUT2D eigenvalue weighted by atomic mass is 10.1. The van der Waals surface area contributed by atoms with Gasteiger partial charge in [-0.3, -0.25) is 9.59 Å². The topological polar surface area (TPSA) is 88.0 Å². The minimum absolute atomic E-state index is 0.0416. The second kappa shape index (κ2) is 4.67. The number of pyridine rings is 1. The summed E-state index contributed by atoms with van der Waals surface area (Å²) in [6.07, 6.45) is 1.38. The van der Waals surface area contributed by atoms with Gasteiger partial charge in [0.25, 0.3) is 5.91 Å². The first-order valence-corrected chi connectivity index (χ1v) is 5.46. The molecule has 92 valence electrons. The third kappa shape index (κ3) is 3.13. The molecule has 0 aromatic carbocycles. The normalized spacial score (nSPS) is 11.0. The van der Waals surface area contributed by atoms with Crippen molar-refractivity contribution in [2.75, 3.05) is 0 Å². The van der Waals surface area contributed by atoms with Crippen molar-refractivity contribution in [2.45, 2.75) is 26.3 Å². The van der Waals surface area contributed by atoms with Crippen LogP contribution in [0, 0.1) is 6.92 Å². The SMILES string of the molecule is Cc1cc(=O)c(C(=O)NC(C)(C)C(N)=S)c[nH]1. The van der Waals surface area contributed by atoms with Crippen molar-refractivity contribution in [3.63, 3.8) is 0 Å². The summed E-state index contributed by atoms with van der Waals surface area (Å²) >= 11 is 4.83. The highest BCUT2D eigenvalue weighted by molar-refractivity contribution is 7.80. The lowest BCUT2D eigenvalue weighted by molar-refractivity contribution is 0.0931. The molecule has 1 rings (SSSR count). The molecular weight excluding hydrogens is 238 g/mol. The van der Waals surface area contributed by atoms with E-state index in [2.05, 4.69) is 10.3 Å². The van der Waals surface area contributed by atoms with Crippen molar-refractivity contribution >= 4 is 23.1 Å². The maximum absolute atomic E-state index is 11.9. The number of aryl methyl sites for hydroxylation is 1. The van der Waals surface area contributed by atoms with Gasteiger partial charge in [0.2, 0.25) is 0 Å². The predicted octanol–water partition coefficient (Wildman–Crippen LogP) is 0.478. The molecule has 0 unspecified atom stereocenters. The predicted molar refractivity (Wildman–Crippen MR) is 70.1 cm³/mol. The highest BCUT2D eigenvalue weighted by Gasteiger charge is 2.25. The van der Waals surface area contributed by atoms with Gasteiger partial charge >= 0.3 is 0 Å². The van der Waals surface area contributed by atoms with E-state index in [0.717, 1.165) is 0 Å². The van der Waals surface area contributed by atoms with E-state index in [1.807, 2.05) is 0 Å². The smallest absolute Gasteiger partial charge is 0.257 e. The molecule has 0 spiro atoms. The summed E-state index contributed by atoms with van der Waals surface area (Å²) < 4.78 is 0. The van der Waals surface area contributed by atoms with Crippen LogP contribution < -0.4 is 16.5 Å². The summed E-state index contributed by atoms with van der Waals surface area (Å²) in [6, 6.07) is 1.36. The number of thiocarbonyl (C=S) groups is 1. The highest BCUT2D eigenvalue weighted by Crippen LogP contribution is 2.04. The van der Waals surface area contributed by atoms with Gasteiger partial charge in [-0.15, -0.1) is 0 Å².